The molecule has 3 unspecified atom stereocenters. The number of hydrazone groups is 1. The van der Waals surface area contributed by atoms with E-state index in [1.54, 1.807) is 0 Å². The summed E-state index contributed by atoms with van der Waals surface area (Å²) in [4.78, 5) is 0. The highest BCUT2D eigenvalue weighted by Gasteiger charge is 2.51. The third kappa shape index (κ3) is 1.05. The molecule has 14 heavy (non-hydrogen) atoms. The molecule has 0 aromatic rings. The summed E-state index contributed by atoms with van der Waals surface area (Å²) in [5, 5.41) is 15.9. The van der Waals surface area contributed by atoms with Crippen LogP contribution in [0.4, 0.5) is 0 Å². The van der Waals surface area contributed by atoms with E-state index in [-0.39, 0.29) is 12.0 Å². The van der Waals surface area contributed by atoms with E-state index in [2.05, 4.69) is 10.3 Å². The van der Waals surface area contributed by atoms with Crippen molar-refractivity contribution in [1.29, 1.82) is 0 Å². The Labute approximate surface area is 82.6 Å². The smallest absolute Gasteiger partial charge is 0.117 e. The van der Waals surface area contributed by atoms with Gasteiger partial charge in [-0.05, 0) is 26.7 Å². The molecule has 2 bridgehead atoms. The quantitative estimate of drug-likeness (QED) is 0.341. The second-order valence-electron chi connectivity index (χ2n) is 4.16. The van der Waals surface area contributed by atoms with E-state index in [1.807, 2.05) is 13.8 Å². The largest absolute Gasteiger partial charge is 0.411 e. The van der Waals surface area contributed by atoms with E-state index in [0.29, 0.717) is 11.4 Å². The predicted molar refractivity (Wildman–Crippen MR) is 52.5 cm³/mol. The molecule has 5 heteroatoms. The lowest BCUT2D eigenvalue weighted by Gasteiger charge is -2.48. The SMILES string of the molecule is CC1OC2(C)CCC1C(=NO)C2=NN. The van der Waals surface area contributed by atoms with Crippen molar-refractivity contribution in [3.05, 3.63) is 0 Å². The highest BCUT2D eigenvalue weighted by Crippen LogP contribution is 2.40. The van der Waals surface area contributed by atoms with E-state index < -0.39 is 5.60 Å². The summed E-state index contributed by atoms with van der Waals surface area (Å²) >= 11 is 0. The summed E-state index contributed by atoms with van der Waals surface area (Å²) < 4.78 is 5.81. The molecule has 1 aliphatic carbocycles. The number of hydrogen-bond acceptors (Lipinski definition) is 5. The third-order valence-electron chi connectivity index (χ3n) is 3.28. The summed E-state index contributed by atoms with van der Waals surface area (Å²) in [6, 6.07) is 0. The molecule has 0 spiro atoms. The highest BCUT2D eigenvalue weighted by molar-refractivity contribution is 6.46. The fraction of sp³-hybridized carbons (Fsp3) is 0.778. The molecule has 0 radical (unpaired) electrons. The van der Waals surface area contributed by atoms with Crippen molar-refractivity contribution in [1.82, 2.24) is 0 Å². The molecule has 0 amide bonds. The summed E-state index contributed by atoms with van der Waals surface area (Å²) in [5.41, 5.74) is 0.721. The number of rotatable bonds is 0. The Morgan fingerprint density at radius 1 is 1.64 bits per heavy atom. The van der Waals surface area contributed by atoms with Crippen LogP contribution < -0.4 is 5.84 Å². The fourth-order valence-corrected chi connectivity index (χ4v) is 2.52. The third-order valence-corrected chi connectivity index (χ3v) is 3.28. The number of fused-ring (bicyclic) bond motifs is 3. The first kappa shape index (κ1) is 9.45. The van der Waals surface area contributed by atoms with Crippen molar-refractivity contribution in [3.8, 4) is 0 Å². The monoisotopic (exact) mass is 197 g/mol. The predicted octanol–water partition coefficient (Wildman–Crippen LogP) is 0.719. The molecule has 0 aromatic carbocycles. The summed E-state index contributed by atoms with van der Waals surface area (Å²) in [5.74, 6) is 5.43. The maximum absolute atomic E-state index is 8.94. The molecule has 5 nitrogen and oxygen atoms in total. The van der Waals surface area contributed by atoms with Crippen molar-refractivity contribution in [3.63, 3.8) is 0 Å². The van der Waals surface area contributed by atoms with Gasteiger partial charge in [0.1, 0.15) is 17.0 Å². The second-order valence-corrected chi connectivity index (χ2v) is 4.16. The van der Waals surface area contributed by atoms with Crippen LogP contribution >= 0.6 is 0 Å². The van der Waals surface area contributed by atoms with Gasteiger partial charge in [0, 0.05) is 5.92 Å². The average Bonchev–Trinajstić information content (AvgIpc) is 2.15. The van der Waals surface area contributed by atoms with Gasteiger partial charge in [-0.3, -0.25) is 0 Å². The topological polar surface area (TPSA) is 80.2 Å². The maximum atomic E-state index is 8.94. The lowest BCUT2D eigenvalue weighted by atomic mass is 9.71. The van der Waals surface area contributed by atoms with E-state index in [1.165, 1.54) is 0 Å². The Kier molecular flexibility index (Phi) is 1.99. The van der Waals surface area contributed by atoms with Crippen LogP contribution in [0, 0.1) is 5.92 Å². The van der Waals surface area contributed by atoms with Crippen LogP contribution in [-0.4, -0.2) is 28.3 Å². The summed E-state index contributed by atoms with van der Waals surface area (Å²) in [6.07, 6.45) is 1.93. The molecular weight excluding hydrogens is 182 g/mol. The van der Waals surface area contributed by atoms with Crippen molar-refractivity contribution < 1.29 is 9.94 Å². The normalized spacial score (nSPS) is 47.6. The zero-order valence-corrected chi connectivity index (χ0v) is 8.40. The van der Waals surface area contributed by atoms with Gasteiger partial charge in [0.2, 0.25) is 0 Å². The van der Waals surface area contributed by atoms with Gasteiger partial charge < -0.3 is 15.8 Å². The fourth-order valence-electron chi connectivity index (χ4n) is 2.52. The van der Waals surface area contributed by atoms with E-state index >= 15 is 0 Å². The van der Waals surface area contributed by atoms with Gasteiger partial charge in [-0.2, -0.15) is 5.10 Å². The lowest BCUT2D eigenvalue weighted by molar-refractivity contribution is -0.0907. The molecule has 2 heterocycles. The van der Waals surface area contributed by atoms with Crippen LogP contribution in [0.3, 0.4) is 0 Å². The van der Waals surface area contributed by atoms with Crippen LogP contribution in [0.2, 0.25) is 0 Å². The Balaban J connectivity index is 2.46. The number of nitrogens with two attached hydrogens (primary N) is 1. The molecule has 3 atom stereocenters. The summed E-state index contributed by atoms with van der Waals surface area (Å²) in [7, 11) is 0. The van der Waals surface area contributed by atoms with Crippen LogP contribution in [0.25, 0.3) is 0 Å². The standard InChI is InChI=1S/C9H15N3O2/c1-5-6-3-4-9(2,14-5)8(11-10)7(6)12-13/h5-6,13H,3-4,10H2,1-2H3. The number of hydrogen-bond donors (Lipinski definition) is 2. The molecular formula is C9H15N3O2. The molecule has 1 saturated carbocycles. The number of ether oxygens (including phenoxy) is 1. The molecule has 2 aliphatic heterocycles. The van der Waals surface area contributed by atoms with Crippen LogP contribution in [0.5, 0.6) is 0 Å². The maximum Gasteiger partial charge on any atom is 0.117 e. The van der Waals surface area contributed by atoms with Gasteiger partial charge in [-0.1, -0.05) is 5.16 Å². The second kappa shape index (κ2) is 2.95. The van der Waals surface area contributed by atoms with Crippen LogP contribution in [0.1, 0.15) is 26.7 Å². The molecule has 2 saturated heterocycles. The molecule has 78 valence electrons. The van der Waals surface area contributed by atoms with E-state index in [0.717, 1.165) is 12.8 Å². The Morgan fingerprint density at radius 3 is 2.86 bits per heavy atom. The minimum Gasteiger partial charge on any atom is -0.411 e. The minimum absolute atomic E-state index is 0.0742. The van der Waals surface area contributed by atoms with E-state index in [4.69, 9.17) is 15.8 Å². The number of nitrogens with zero attached hydrogens (tertiary/aromatic N) is 2. The van der Waals surface area contributed by atoms with Crippen LogP contribution in [0.15, 0.2) is 10.3 Å². The van der Waals surface area contributed by atoms with Crippen LogP contribution in [-0.2, 0) is 4.74 Å². The Morgan fingerprint density at radius 2 is 2.36 bits per heavy atom. The van der Waals surface area contributed by atoms with Gasteiger partial charge in [0.05, 0.1) is 6.10 Å². The first-order chi connectivity index (χ1) is 6.62. The molecule has 3 N–H and O–H groups in total. The molecule has 0 aromatic heterocycles. The van der Waals surface area contributed by atoms with Crippen molar-refractivity contribution in [2.24, 2.45) is 22.0 Å². The van der Waals surface area contributed by atoms with Gasteiger partial charge in [0.15, 0.2) is 0 Å². The zero-order valence-electron chi connectivity index (χ0n) is 8.40. The zero-order chi connectivity index (χ0) is 10.3. The molecule has 3 rings (SSSR count). The molecule has 3 fully saturated rings. The van der Waals surface area contributed by atoms with E-state index in [9.17, 15) is 0 Å². The van der Waals surface area contributed by atoms with Crippen molar-refractivity contribution in [2.45, 2.75) is 38.4 Å². The number of oxime groups is 1. The van der Waals surface area contributed by atoms with Crippen molar-refractivity contribution >= 4 is 11.4 Å². The summed E-state index contributed by atoms with van der Waals surface area (Å²) in [6.45, 7) is 3.93. The first-order valence-corrected chi connectivity index (χ1v) is 4.81. The van der Waals surface area contributed by atoms with Gasteiger partial charge in [-0.15, -0.1) is 0 Å². The molecule has 3 aliphatic rings. The highest BCUT2D eigenvalue weighted by atomic mass is 16.5. The van der Waals surface area contributed by atoms with Gasteiger partial charge >= 0.3 is 0 Å². The lowest BCUT2D eigenvalue weighted by Crippen LogP contribution is -2.60. The van der Waals surface area contributed by atoms with Gasteiger partial charge in [0.25, 0.3) is 0 Å². The Hall–Kier alpha value is -1.10. The Bertz CT molecular complexity index is 313. The van der Waals surface area contributed by atoms with Gasteiger partial charge in [-0.25, -0.2) is 0 Å². The first-order valence-electron chi connectivity index (χ1n) is 4.81. The minimum atomic E-state index is -0.468. The average molecular weight is 197 g/mol. The van der Waals surface area contributed by atoms with Crippen molar-refractivity contribution in [2.75, 3.05) is 0 Å².